The minimum Gasteiger partial charge on any atom is -0.436 e. The number of nitrogens with zero attached hydrogens (tertiary/aromatic N) is 3. The van der Waals surface area contributed by atoms with Gasteiger partial charge in [-0.2, -0.15) is 13.2 Å². The minimum atomic E-state index is -4.31. The molecule has 1 aliphatic rings. The Morgan fingerprint density at radius 2 is 1.70 bits per heavy atom. The van der Waals surface area contributed by atoms with Crippen LogP contribution in [0.1, 0.15) is 11.1 Å². The lowest BCUT2D eigenvalue weighted by atomic mass is 10.1. The van der Waals surface area contributed by atoms with Gasteiger partial charge in [0, 0.05) is 59.8 Å². The second kappa shape index (κ2) is 10.2. The molecule has 0 unspecified atom stereocenters. The quantitative estimate of drug-likeness (QED) is 0.263. The van der Waals surface area contributed by atoms with Crippen molar-refractivity contribution < 1.29 is 17.6 Å². The van der Waals surface area contributed by atoms with Crippen LogP contribution in [0, 0.1) is 6.92 Å². The first-order chi connectivity index (χ1) is 17.7. The van der Waals surface area contributed by atoms with E-state index in [1.807, 2.05) is 43.3 Å². The summed E-state index contributed by atoms with van der Waals surface area (Å²) in [4.78, 5) is 9.01. The largest absolute Gasteiger partial charge is 0.436 e. The highest BCUT2D eigenvalue weighted by Crippen LogP contribution is 2.31. The van der Waals surface area contributed by atoms with E-state index in [2.05, 4.69) is 42.6 Å². The summed E-state index contributed by atoms with van der Waals surface area (Å²) in [6.45, 7) is 9.94. The van der Waals surface area contributed by atoms with Crippen molar-refractivity contribution in [3.8, 4) is 11.5 Å². The summed E-state index contributed by atoms with van der Waals surface area (Å²) in [5.74, 6) is 0.576. The molecule has 0 bridgehead atoms. The van der Waals surface area contributed by atoms with Crippen molar-refractivity contribution in [3.63, 3.8) is 0 Å². The average Bonchev–Trinajstić information content (AvgIpc) is 3.29. The standard InChI is InChI=1S/C28H26BrF3N4O/c1-18-15-22(29)16-25-26(18)37-27(34-25)20-3-7-23(8-4-20)33-19(2)17-35-11-13-36(14-12-35)24-9-5-21(6-10-24)28(30,31)32/h3-10,15-16,33H,2,11-14,17H2,1H3. The highest BCUT2D eigenvalue weighted by molar-refractivity contribution is 9.10. The molecule has 0 radical (unpaired) electrons. The van der Waals surface area contributed by atoms with E-state index in [1.54, 1.807) is 12.1 Å². The van der Waals surface area contributed by atoms with Gasteiger partial charge >= 0.3 is 6.18 Å². The van der Waals surface area contributed by atoms with Crippen LogP contribution < -0.4 is 10.2 Å². The number of benzene rings is 3. The molecule has 2 heterocycles. The van der Waals surface area contributed by atoms with Crippen LogP contribution >= 0.6 is 15.9 Å². The van der Waals surface area contributed by atoms with Crippen molar-refractivity contribution in [2.45, 2.75) is 13.1 Å². The van der Waals surface area contributed by atoms with Gasteiger partial charge in [-0.25, -0.2) is 4.98 Å². The Hall–Kier alpha value is -3.30. The molecule has 0 amide bonds. The zero-order chi connectivity index (χ0) is 26.2. The molecule has 3 aromatic carbocycles. The van der Waals surface area contributed by atoms with Gasteiger partial charge < -0.3 is 14.6 Å². The monoisotopic (exact) mass is 570 g/mol. The smallest absolute Gasteiger partial charge is 0.416 e. The molecule has 0 atom stereocenters. The Balaban J connectivity index is 1.14. The highest BCUT2D eigenvalue weighted by Gasteiger charge is 2.30. The van der Waals surface area contributed by atoms with Gasteiger partial charge in [0.2, 0.25) is 5.89 Å². The molecular formula is C28H26BrF3N4O. The number of piperazine rings is 1. The number of hydrogen-bond donors (Lipinski definition) is 1. The van der Waals surface area contributed by atoms with Crippen LogP contribution in [-0.4, -0.2) is 42.6 Å². The van der Waals surface area contributed by atoms with Crippen molar-refractivity contribution in [2.75, 3.05) is 42.9 Å². The molecule has 0 aliphatic carbocycles. The third kappa shape index (κ3) is 5.83. The van der Waals surface area contributed by atoms with Crippen molar-refractivity contribution in [3.05, 3.63) is 88.5 Å². The number of aryl methyl sites for hydroxylation is 1. The number of aromatic nitrogens is 1. The summed E-state index contributed by atoms with van der Waals surface area (Å²) in [5, 5.41) is 3.36. The average molecular weight is 571 g/mol. The van der Waals surface area contributed by atoms with Crippen LogP contribution in [0.3, 0.4) is 0 Å². The van der Waals surface area contributed by atoms with E-state index < -0.39 is 11.7 Å². The third-order valence-corrected chi connectivity index (χ3v) is 6.90. The number of rotatable bonds is 6. The lowest BCUT2D eigenvalue weighted by Gasteiger charge is -2.36. The first-order valence-corrected chi connectivity index (χ1v) is 12.7. The molecular weight excluding hydrogens is 545 g/mol. The number of fused-ring (bicyclic) bond motifs is 1. The summed E-state index contributed by atoms with van der Waals surface area (Å²) < 4.78 is 45.4. The first-order valence-electron chi connectivity index (χ1n) is 11.9. The van der Waals surface area contributed by atoms with Crippen molar-refractivity contribution >= 4 is 38.4 Å². The lowest BCUT2D eigenvalue weighted by Crippen LogP contribution is -2.47. The maximum atomic E-state index is 12.8. The van der Waals surface area contributed by atoms with Gasteiger partial charge in [0.1, 0.15) is 5.52 Å². The SMILES string of the molecule is C=C(CN1CCN(c2ccc(C(F)(F)F)cc2)CC1)Nc1ccc(-c2nc3cc(Br)cc(C)c3o2)cc1. The van der Waals surface area contributed by atoms with Gasteiger partial charge in [0.05, 0.1) is 5.56 Å². The third-order valence-electron chi connectivity index (χ3n) is 6.44. The molecule has 1 aromatic heterocycles. The highest BCUT2D eigenvalue weighted by atomic mass is 79.9. The fourth-order valence-electron chi connectivity index (χ4n) is 4.52. The maximum Gasteiger partial charge on any atom is 0.416 e. The maximum absolute atomic E-state index is 12.8. The molecule has 1 fully saturated rings. The number of halogens is 4. The summed E-state index contributed by atoms with van der Waals surface area (Å²) in [7, 11) is 0. The molecule has 0 spiro atoms. The van der Waals surface area contributed by atoms with Gasteiger partial charge in [-0.3, -0.25) is 4.90 Å². The van der Waals surface area contributed by atoms with E-state index in [0.717, 1.165) is 82.1 Å². The fraction of sp³-hybridized carbons (Fsp3) is 0.250. The van der Waals surface area contributed by atoms with Gasteiger partial charge in [-0.05, 0) is 73.2 Å². The zero-order valence-electron chi connectivity index (χ0n) is 20.3. The molecule has 1 aliphatic heterocycles. The van der Waals surface area contributed by atoms with Gasteiger partial charge in [-0.1, -0.05) is 22.5 Å². The minimum absolute atomic E-state index is 0.576. The van der Waals surface area contributed by atoms with Crippen LogP contribution in [0.25, 0.3) is 22.6 Å². The summed E-state index contributed by atoms with van der Waals surface area (Å²) in [5.41, 5.74) is 5.50. The molecule has 37 heavy (non-hydrogen) atoms. The molecule has 1 N–H and O–H groups in total. The van der Waals surface area contributed by atoms with Gasteiger partial charge in [-0.15, -0.1) is 0 Å². The molecule has 192 valence electrons. The predicted molar refractivity (Wildman–Crippen MR) is 145 cm³/mol. The molecule has 1 saturated heterocycles. The number of hydrogen-bond acceptors (Lipinski definition) is 5. The van der Waals surface area contributed by atoms with E-state index in [9.17, 15) is 13.2 Å². The van der Waals surface area contributed by atoms with Crippen molar-refractivity contribution in [1.29, 1.82) is 0 Å². The molecule has 5 nitrogen and oxygen atoms in total. The Bertz CT molecular complexity index is 1410. The number of oxazole rings is 1. The van der Waals surface area contributed by atoms with E-state index in [0.29, 0.717) is 12.4 Å². The topological polar surface area (TPSA) is 44.5 Å². The molecule has 9 heteroatoms. The lowest BCUT2D eigenvalue weighted by molar-refractivity contribution is -0.137. The van der Waals surface area contributed by atoms with Crippen LogP contribution in [0.2, 0.25) is 0 Å². The zero-order valence-corrected chi connectivity index (χ0v) is 21.9. The van der Waals surface area contributed by atoms with Crippen LogP contribution in [0.4, 0.5) is 24.5 Å². The van der Waals surface area contributed by atoms with Crippen LogP contribution in [0.5, 0.6) is 0 Å². The van der Waals surface area contributed by atoms with E-state index in [1.165, 1.54) is 0 Å². The Morgan fingerprint density at radius 3 is 2.35 bits per heavy atom. The van der Waals surface area contributed by atoms with Crippen molar-refractivity contribution in [2.24, 2.45) is 0 Å². The first kappa shape index (κ1) is 25.4. The van der Waals surface area contributed by atoms with Crippen molar-refractivity contribution in [1.82, 2.24) is 9.88 Å². The van der Waals surface area contributed by atoms with E-state index in [4.69, 9.17) is 4.42 Å². The van der Waals surface area contributed by atoms with Gasteiger partial charge in [0.25, 0.3) is 0 Å². The second-order valence-corrected chi connectivity index (χ2v) is 10.1. The van der Waals surface area contributed by atoms with E-state index >= 15 is 0 Å². The second-order valence-electron chi connectivity index (χ2n) is 9.20. The number of alkyl halides is 3. The number of nitrogens with one attached hydrogen (secondary N) is 1. The summed E-state index contributed by atoms with van der Waals surface area (Å²) >= 11 is 3.50. The molecule has 0 saturated carbocycles. The Kier molecular flexibility index (Phi) is 7.00. The van der Waals surface area contributed by atoms with E-state index in [-0.39, 0.29) is 0 Å². The normalized spacial score (nSPS) is 14.8. The van der Waals surface area contributed by atoms with Crippen LogP contribution in [-0.2, 0) is 6.18 Å². The fourth-order valence-corrected chi connectivity index (χ4v) is 5.08. The van der Waals surface area contributed by atoms with Crippen LogP contribution in [0.15, 0.2) is 81.8 Å². The molecule has 4 aromatic rings. The Labute approximate surface area is 221 Å². The summed E-state index contributed by atoms with van der Waals surface area (Å²) in [6, 6.07) is 17.2. The predicted octanol–water partition coefficient (Wildman–Crippen LogP) is 7.33. The summed E-state index contributed by atoms with van der Waals surface area (Å²) in [6.07, 6.45) is -4.31. The number of anilines is 2. The Morgan fingerprint density at radius 1 is 1.03 bits per heavy atom. The molecule has 5 rings (SSSR count). The van der Waals surface area contributed by atoms with Gasteiger partial charge in [0.15, 0.2) is 5.58 Å².